The number of hydrogen-bond donors (Lipinski definition) is 2. The van der Waals surface area contributed by atoms with Crippen molar-refractivity contribution in [2.24, 2.45) is 12.0 Å². The Hall–Kier alpha value is -4.12. The Morgan fingerprint density at radius 1 is 0.933 bits per heavy atom. The molecule has 0 fully saturated rings. The average Bonchev–Trinajstić information content (AvgIpc) is 3.35. The number of hydrogen-bond acceptors (Lipinski definition) is 3. The lowest BCUT2D eigenvalue weighted by Gasteiger charge is -2.08. The first-order valence-corrected chi connectivity index (χ1v) is 9.71. The van der Waals surface area contributed by atoms with Gasteiger partial charge in [-0.3, -0.25) is 0 Å². The van der Waals surface area contributed by atoms with E-state index in [4.69, 9.17) is 4.99 Å². The van der Waals surface area contributed by atoms with Gasteiger partial charge in [0.2, 0.25) is 0 Å². The van der Waals surface area contributed by atoms with Crippen molar-refractivity contribution in [2.75, 3.05) is 0 Å². The lowest BCUT2D eigenvalue weighted by atomic mass is 10.0. The van der Waals surface area contributed by atoms with E-state index in [1.165, 1.54) is 0 Å². The molecule has 5 nitrogen and oxygen atoms in total. The molecule has 3 aromatic carbocycles. The molecule has 0 unspecified atom stereocenters. The fraction of sp³-hybridized carbons (Fsp3) is 0.0400. The van der Waals surface area contributed by atoms with Crippen molar-refractivity contribution in [3.63, 3.8) is 0 Å². The van der Waals surface area contributed by atoms with Crippen molar-refractivity contribution >= 4 is 22.3 Å². The van der Waals surface area contributed by atoms with E-state index in [0.717, 1.165) is 39.1 Å². The standard InChI is InChI=1S/C25H20N4O/c1-29-16-26-15-22(29)17-11-13-19(14-12-17)27-24(18-7-3-2-4-8-18)23-20-9-5-6-10-21(20)28-25(23)30/h2-16,28,30H,1H3. The highest BCUT2D eigenvalue weighted by Gasteiger charge is 2.18. The monoisotopic (exact) mass is 392 g/mol. The van der Waals surface area contributed by atoms with Crippen LogP contribution in [-0.2, 0) is 7.05 Å². The third-order valence-corrected chi connectivity index (χ3v) is 5.19. The molecule has 5 rings (SSSR count). The number of fused-ring (bicyclic) bond motifs is 1. The van der Waals surface area contributed by atoms with Crippen LogP contribution in [-0.4, -0.2) is 25.4 Å². The predicted molar refractivity (Wildman–Crippen MR) is 120 cm³/mol. The number of aromatic nitrogens is 3. The maximum atomic E-state index is 10.7. The summed E-state index contributed by atoms with van der Waals surface area (Å²) in [5.41, 5.74) is 6.16. The average molecular weight is 392 g/mol. The number of aryl methyl sites for hydroxylation is 1. The Morgan fingerprint density at radius 2 is 1.67 bits per heavy atom. The molecule has 0 bridgehead atoms. The van der Waals surface area contributed by atoms with Gasteiger partial charge >= 0.3 is 0 Å². The molecule has 0 aliphatic heterocycles. The van der Waals surface area contributed by atoms with Crippen molar-refractivity contribution in [3.05, 3.63) is 103 Å². The van der Waals surface area contributed by atoms with Gasteiger partial charge in [-0.05, 0) is 23.8 Å². The van der Waals surface area contributed by atoms with Gasteiger partial charge in [0.1, 0.15) is 0 Å². The second-order valence-corrected chi connectivity index (χ2v) is 7.16. The molecule has 2 aromatic heterocycles. The van der Waals surface area contributed by atoms with Crippen molar-refractivity contribution in [1.82, 2.24) is 14.5 Å². The number of aromatic hydroxyl groups is 1. The fourth-order valence-corrected chi connectivity index (χ4v) is 3.70. The van der Waals surface area contributed by atoms with Gasteiger partial charge < -0.3 is 14.7 Å². The van der Waals surface area contributed by atoms with Crippen LogP contribution in [0.4, 0.5) is 5.69 Å². The molecule has 2 N–H and O–H groups in total. The van der Waals surface area contributed by atoms with E-state index in [0.29, 0.717) is 5.56 Å². The first-order chi connectivity index (χ1) is 14.7. The highest BCUT2D eigenvalue weighted by Crippen LogP contribution is 2.31. The maximum absolute atomic E-state index is 10.7. The molecule has 0 radical (unpaired) electrons. The second-order valence-electron chi connectivity index (χ2n) is 7.16. The number of imidazole rings is 1. The smallest absolute Gasteiger partial charge is 0.199 e. The summed E-state index contributed by atoms with van der Waals surface area (Å²) < 4.78 is 1.98. The summed E-state index contributed by atoms with van der Waals surface area (Å²) in [6.07, 6.45) is 3.63. The van der Waals surface area contributed by atoms with Crippen LogP contribution in [0.1, 0.15) is 11.1 Å². The number of rotatable bonds is 4. The van der Waals surface area contributed by atoms with Crippen molar-refractivity contribution in [3.8, 4) is 17.1 Å². The number of para-hydroxylation sites is 1. The van der Waals surface area contributed by atoms with Crippen molar-refractivity contribution in [1.29, 1.82) is 0 Å². The van der Waals surface area contributed by atoms with Gasteiger partial charge in [0, 0.05) is 23.5 Å². The zero-order valence-corrected chi connectivity index (χ0v) is 16.4. The minimum Gasteiger partial charge on any atom is -0.494 e. The van der Waals surface area contributed by atoms with Crippen LogP contribution in [0.3, 0.4) is 0 Å². The van der Waals surface area contributed by atoms with Crippen LogP contribution in [0.5, 0.6) is 5.88 Å². The Labute approximate surface area is 174 Å². The van der Waals surface area contributed by atoms with Crippen LogP contribution in [0.2, 0.25) is 0 Å². The van der Waals surface area contributed by atoms with Crippen LogP contribution in [0, 0.1) is 0 Å². The van der Waals surface area contributed by atoms with Gasteiger partial charge in [-0.25, -0.2) is 9.98 Å². The SMILES string of the molecule is Cn1cncc1-c1ccc(N=C(c2ccccc2)c2c(O)[nH]c3ccccc23)cc1. The van der Waals surface area contributed by atoms with E-state index in [9.17, 15) is 5.11 Å². The van der Waals surface area contributed by atoms with E-state index >= 15 is 0 Å². The molecular weight excluding hydrogens is 372 g/mol. The molecule has 0 spiro atoms. The fourth-order valence-electron chi connectivity index (χ4n) is 3.70. The largest absolute Gasteiger partial charge is 0.494 e. The molecule has 2 heterocycles. The van der Waals surface area contributed by atoms with E-state index < -0.39 is 0 Å². The van der Waals surface area contributed by atoms with Crippen LogP contribution in [0.25, 0.3) is 22.2 Å². The normalized spacial score (nSPS) is 11.8. The molecule has 30 heavy (non-hydrogen) atoms. The number of H-pyrrole nitrogens is 1. The van der Waals surface area contributed by atoms with E-state index in [1.807, 2.05) is 96.7 Å². The lowest BCUT2D eigenvalue weighted by Crippen LogP contribution is -2.02. The first-order valence-electron chi connectivity index (χ1n) is 9.71. The molecule has 5 heteroatoms. The molecular formula is C25H20N4O. The van der Waals surface area contributed by atoms with Gasteiger partial charge in [0.25, 0.3) is 0 Å². The Bertz CT molecular complexity index is 1350. The summed E-state index contributed by atoms with van der Waals surface area (Å²) in [4.78, 5) is 12.2. The van der Waals surface area contributed by atoms with E-state index in [1.54, 1.807) is 6.33 Å². The highest BCUT2D eigenvalue weighted by atomic mass is 16.3. The second kappa shape index (κ2) is 7.37. The first kappa shape index (κ1) is 17.9. The summed E-state index contributed by atoms with van der Waals surface area (Å²) in [6.45, 7) is 0. The number of aliphatic imine (C=N–C) groups is 1. The Morgan fingerprint density at radius 3 is 2.40 bits per heavy atom. The van der Waals surface area contributed by atoms with E-state index in [-0.39, 0.29) is 5.88 Å². The quantitative estimate of drug-likeness (QED) is 0.400. The van der Waals surface area contributed by atoms with Gasteiger partial charge in [0.15, 0.2) is 5.88 Å². The number of aromatic amines is 1. The van der Waals surface area contributed by atoms with E-state index in [2.05, 4.69) is 9.97 Å². The van der Waals surface area contributed by atoms with Gasteiger partial charge in [-0.2, -0.15) is 0 Å². The maximum Gasteiger partial charge on any atom is 0.199 e. The van der Waals surface area contributed by atoms with Crippen LogP contribution in [0.15, 0.2) is 96.4 Å². The summed E-state index contributed by atoms with van der Waals surface area (Å²) >= 11 is 0. The third-order valence-electron chi connectivity index (χ3n) is 5.19. The van der Waals surface area contributed by atoms with Gasteiger partial charge in [-0.15, -0.1) is 0 Å². The summed E-state index contributed by atoms with van der Waals surface area (Å²) in [7, 11) is 1.97. The molecule has 0 saturated carbocycles. The Kier molecular flexibility index (Phi) is 4.41. The molecule has 0 aliphatic carbocycles. The molecule has 0 saturated heterocycles. The molecule has 0 aliphatic rings. The minimum absolute atomic E-state index is 0.116. The predicted octanol–water partition coefficient (Wildman–Crippen LogP) is 5.44. The molecule has 0 amide bonds. The zero-order chi connectivity index (χ0) is 20.5. The van der Waals surface area contributed by atoms with Crippen LogP contribution < -0.4 is 0 Å². The van der Waals surface area contributed by atoms with Crippen molar-refractivity contribution < 1.29 is 5.11 Å². The number of nitrogens with zero attached hydrogens (tertiary/aromatic N) is 3. The van der Waals surface area contributed by atoms with Gasteiger partial charge in [0.05, 0.1) is 35.2 Å². The van der Waals surface area contributed by atoms with Crippen molar-refractivity contribution in [2.45, 2.75) is 0 Å². The molecule has 5 aromatic rings. The van der Waals surface area contributed by atoms with Gasteiger partial charge in [-0.1, -0.05) is 60.7 Å². The third kappa shape index (κ3) is 3.16. The minimum atomic E-state index is 0.116. The zero-order valence-electron chi connectivity index (χ0n) is 16.4. The summed E-state index contributed by atoms with van der Waals surface area (Å²) in [6, 6.07) is 25.8. The lowest BCUT2D eigenvalue weighted by molar-refractivity contribution is 0.457. The topological polar surface area (TPSA) is 66.2 Å². The highest BCUT2D eigenvalue weighted by molar-refractivity contribution is 6.21. The summed E-state index contributed by atoms with van der Waals surface area (Å²) in [5.74, 6) is 0.116. The summed E-state index contributed by atoms with van der Waals surface area (Å²) in [5, 5.41) is 11.6. The number of nitrogens with one attached hydrogen (secondary N) is 1. The molecule has 0 atom stereocenters. The number of benzene rings is 3. The molecule has 146 valence electrons. The Balaban J connectivity index is 1.65. The van der Waals surface area contributed by atoms with Crippen LogP contribution >= 0.6 is 0 Å².